The maximum atomic E-state index is 12.9. The van der Waals surface area contributed by atoms with E-state index >= 15 is 0 Å². The Hall–Kier alpha value is -1.75. The highest BCUT2D eigenvalue weighted by Crippen LogP contribution is 2.44. The van der Waals surface area contributed by atoms with Gasteiger partial charge in [0.15, 0.2) is 5.50 Å². The van der Waals surface area contributed by atoms with Crippen LogP contribution in [0.25, 0.3) is 5.70 Å². The van der Waals surface area contributed by atoms with E-state index in [1.807, 2.05) is 52.5 Å². The average Bonchev–Trinajstić information content (AvgIpc) is 3.28. The van der Waals surface area contributed by atoms with E-state index in [1.54, 1.807) is 11.8 Å². The second-order valence-electron chi connectivity index (χ2n) is 6.43. The van der Waals surface area contributed by atoms with Crippen LogP contribution in [0, 0.1) is 11.8 Å². The minimum absolute atomic E-state index is 0.0147. The highest BCUT2D eigenvalue weighted by atomic mass is 32.2. The molecule has 0 radical (unpaired) electrons. The van der Waals surface area contributed by atoms with E-state index in [2.05, 4.69) is 0 Å². The highest BCUT2D eigenvalue weighted by molar-refractivity contribution is 8.03. The molecular formula is C18H20N2O2S. The fourth-order valence-electron chi connectivity index (χ4n) is 3.31. The van der Waals surface area contributed by atoms with E-state index in [1.165, 1.54) is 12.8 Å². The van der Waals surface area contributed by atoms with Crippen molar-refractivity contribution in [2.24, 2.45) is 11.8 Å². The van der Waals surface area contributed by atoms with Crippen molar-refractivity contribution in [3.63, 3.8) is 0 Å². The van der Waals surface area contributed by atoms with E-state index in [9.17, 15) is 9.59 Å². The summed E-state index contributed by atoms with van der Waals surface area (Å²) in [6.45, 7) is 2.71. The van der Waals surface area contributed by atoms with Gasteiger partial charge in [0.1, 0.15) is 5.92 Å². The van der Waals surface area contributed by atoms with Crippen molar-refractivity contribution >= 4 is 29.3 Å². The number of carbonyl (C=O) groups is 2. The molecule has 4 rings (SSSR count). The SMILES string of the molecule is CCC1C(=O)N(CC2CC2)C2SC=C(c3ccccc3)N2C1=O. The maximum absolute atomic E-state index is 12.9. The van der Waals surface area contributed by atoms with E-state index in [0.29, 0.717) is 12.3 Å². The fourth-order valence-corrected chi connectivity index (χ4v) is 4.49. The molecule has 0 aromatic heterocycles. The Morgan fingerprint density at radius 2 is 1.87 bits per heavy atom. The second-order valence-corrected chi connectivity index (χ2v) is 7.36. The normalized spacial score (nSPS) is 27.3. The first-order valence-corrected chi connectivity index (χ1v) is 9.19. The van der Waals surface area contributed by atoms with Crippen LogP contribution in [0.2, 0.25) is 0 Å². The second kappa shape index (κ2) is 5.71. The van der Waals surface area contributed by atoms with Crippen molar-refractivity contribution in [3.05, 3.63) is 41.3 Å². The van der Waals surface area contributed by atoms with Crippen LogP contribution in [0.15, 0.2) is 35.7 Å². The molecule has 2 amide bonds. The Labute approximate surface area is 140 Å². The van der Waals surface area contributed by atoms with Crippen LogP contribution in [0.3, 0.4) is 0 Å². The quantitative estimate of drug-likeness (QED) is 0.797. The number of hydrogen-bond acceptors (Lipinski definition) is 3. The Balaban J connectivity index is 1.68. The Kier molecular flexibility index (Phi) is 3.68. The predicted molar refractivity (Wildman–Crippen MR) is 90.9 cm³/mol. The van der Waals surface area contributed by atoms with Crippen molar-refractivity contribution in [1.82, 2.24) is 9.80 Å². The highest BCUT2D eigenvalue weighted by Gasteiger charge is 2.49. The van der Waals surface area contributed by atoms with E-state index in [-0.39, 0.29) is 17.3 Å². The first-order valence-electron chi connectivity index (χ1n) is 8.25. The zero-order valence-electron chi connectivity index (χ0n) is 13.1. The Morgan fingerprint density at radius 1 is 1.13 bits per heavy atom. The summed E-state index contributed by atoms with van der Waals surface area (Å²) in [7, 11) is 0. The summed E-state index contributed by atoms with van der Waals surface area (Å²) in [6.07, 6.45) is 2.96. The molecule has 23 heavy (non-hydrogen) atoms. The third-order valence-electron chi connectivity index (χ3n) is 4.79. The van der Waals surface area contributed by atoms with Gasteiger partial charge < -0.3 is 4.90 Å². The smallest absolute Gasteiger partial charge is 0.241 e. The van der Waals surface area contributed by atoms with Crippen LogP contribution >= 0.6 is 11.8 Å². The summed E-state index contributed by atoms with van der Waals surface area (Å²) < 4.78 is 0. The molecule has 1 aliphatic carbocycles. The number of amides is 2. The van der Waals surface area contributed by atoms with Crippen molar-refractivity contribution < 1.29 is 9.59 Å². The van der Waals surface area contributed by atoms with Crippen LogP contribution in [0.5, 0.6) is 0 Å². The molecule has 120 valence electrons. The van der Waals surface area contributed by atoms with Crippen LogP contribution in [0.4, 0.5) is 0 Å². The summed E-state index contributed by atoms with van der Waals surface area (Å²) in [5.74, 6) is 0.0548. The molecule has 1 aromatic carbocycles. The molecule has 2 aliphatic heterocycles. The lowest BCUT2D eigenvalue weighted by Crippen LogP contribution is -2.59. The Bertz CT molecular complexity index is 669. The van der Waals surface area contributed by atoms with Gasteiger partial charge in [0, 0.05) is 6.54 Å². The van der Waals surface area contributed by atoms with Gasteiger partial charge in [-0.1, -0.05) is 49.0 Å². The summed E-state index contributed by atoms with van der Waals surface area (Å²) in [4.78, 5) is 29.4. The topological polar surface area (TPSA) is 40.6 Å². The van der Waals surface area contributed by atoms with Crippen LogP contribution in [-0.4, -0.2) is 33.7 Å². The molecule has 1 aromatic rings. The lowest BCUT2D eigenvalue weighted by Gasteiger charge is -2.43. The molecule has 2 atom stereocenters. The van der Waals surface area contributed by atoms with Gasteiger partial charge in [-0.2, -0.15) is 0 Å². The van der Waals surface area contributed by atoms with Gasteiger partial charge >= 0.3 is 0 Å². The summed E-state index contributed by atoms with van der Waals surface area (Å²) in [5, 5.41) is 2.03. The van der Waals surface area contributed by atoms with Gasteiger partial charge in [-0.3, -0.25) is 14.5 Å². The van der Waals surface area contributed by atoms with E-state index < -0.39 is 5.92 Å². The number of benzene rings is 1. The number of nitrogens with zero attached hydrogens (tertiary/aromatic N) is 2. The van der Waals surface area contributed by atoms with Crippen molar-refractivity contribution in [3.8, 4) is 0 Å². The predicted octanol–water partition coefficient (Wildman–Crippen LogP) is 3.12. The molecule has 2 fully saturated rings. The molecule has 0 bridgehead atoms. The summed E-state index contributed by atoms with van der Waals surface area (Å²) >= 11 is 1.58. The molecule has 1 saturated carbocycles. The lowest BCUT2D eigenvalue weighted by molar-refractivity contribution is -0.156. The Morgan fingerprint density at radius 3 is 2.52 bits per heavy atom. The third-order valence-corrected chi connectivity index (χ3v) is 5.86. The molecule has 0 N–H and O–H groups in total. The fraction of sp³-hybridized carbons (Fsp3) is 0.444. The number of carbonyl (C=O) groups excluding carboxylic acids is 2. The monoisotopic (exact) mass is 328 g/mol. The molecule has 1 saturated heterocycles. The van der Waals surface area contributed by atoms with Gasteiger partial charge in [0.05, 0.1) is 5.70 Å². The van der Waals surface area contributed by atoms with Crippen molar-refractivity contribution in [2.45, 2.75) is 31.7 Å². The molecule has 3 aliphatic rings. The van der Waals surface area contributed by atoms with Gasteiger partial charge in [-0.15, -0.1) is 0 Å². The van der Waals surface area contributed by atoms with Gasteiger partial charge in [0.25, 0.3) is 0 Å². The molecular weight excluding hydrogens is 308 g/mol. The lowest BCUT2D eigenvalue weighted by atomic mass is 9.99. The van der Waals surface area contributed by atoms with Crippen LogP contribution < -0.4 is 0 Å². The third kappa shape index (κ3) is 2.47. The molecule has 5 heteroatoms. The van der Waals surface area contributed by atoms with E-state index in [4.69, 9.17) is 0 Å². The van der Waals surface area contributed by atoms with Crippen LogP contribution in [-0.2, 0) is 9.59 Å². The van der Waals surface area contributed by atoms with Crippen molar-refractivity contribution in [2.75, 3.05) is 6.54 Å². The first kappa shape index (κ1) is 14.8. The number of thioether (sulfide) groups is 1. The molecule has 0 spiro atoms. The minimum Gasteiger partial charge on any atom is -0.312 e. The van der Waals surface area contributed by atoms with Crippen molar-refractivity contribution in [1.29, 1.82) is 0 Å². The van der Waals surface area contributed by atoms with Crippen LogP contribution in [0.1, 0.15) is 31.7 Å². The van der Waals surface area contributed by atoms with Gasteiger partial charge in [-0.25, -0.2) is 0 Å². The maximum Gasteiger partial charge on any atom is 0.241 e. The zero-order chi connectivity index (χ0) is 16.0. The van der Waals surface area contributed by atoms with Gasteiger partial charge in [0.2, 0.25) is 11.8 Å². The zero-order valence-corrected chi connectivity index (χ0v) is 14.0. The summed E-state index contributed by atoms with van der Waals surface area (Å²) in [5.41, 5.74) is 1.76. The van der Waals surface area contributed by atoms with E-state index in [0.717, 1.165) is 17.8 Å². The molecule has 2 unspecified atom stereocenters. The first-order chi connectivity index (χ1) is 11.2. The minimum atomic E-state index is -0.532. The number of rotatable bonds is 4. The van der Waals surface area contributed by atoms with Gasteiger partial charge in [-0.05, 0) is 36.2 Å². The standard InChI is InChI=1S/C18H20N2O2S/c1-2-14-16(21)19(10-12-8-9-12)18-20(17(14)22)15(11-23-18)13-6-4-3-5-7-13/h3-7,11-12,14,18H,2,8-10H2,1H3. The summed E-state index contributed by atoms with van der Waals surface area (Å²) in [6, 6.07) is 9.97. The molecule has 4 nitrogen and oxygen atoms in total. The number of hydrogen-bond donors (Lipinski definition) is 0. The molecule has 2 heterocycles. The largest absolute Gasteiger partial charge is 0.312 e. The number of fused-ring (bicyclic) bond motifs is 1. The average molecular weight is 328 g/mol.